The van der Waals surface area contributed by atoms with E-state index < -0.39 is 10.0 Å². The summed E-state index contributed by atoms with van der Waals surface area (Å²) < 4.78 is 50.6. The van der Waals surface area contributed by atoms with Crippen LogP contribution in [0.5, 0.6) is 17.2 Å². The Bertz CT molecular complexity index is 1410. The van der Waals surface area contributed by atoms with Crippen LogP contribution in [0.15, 0.2) is 70.1 Å². The van der Waals surface area contributed by atoms with E-state index in [0.717, 1.165) is 11.1 Å². The number of aromatic nitrogens is 2. The third-order valence-corrected chi connectivity index (χ3v) is 6.79. The molecule has 0 bridgehead atoms. The third-order valence-electron chi connectivity index (χ3n) is 5.33. The molecule has 0 unspecified atom stereocenters. The maximum Gasteiger partial charge on any atom is 0.259 e. The van der Waals surface area contributed by atoms with Crippen molar-refractivity contribution in [2.75, 3.05) is 21.3 Å². The van der Waals surface area contributed by atoms with E-state index >= 15 is 0 Å². The maximum absolute atomic E-state index is 13.3. The molecule has 0 saturated heterocycles. The third kappa shape index (κ3) is 5.13. The van der Waals surface area contributed by atoms with Gasteiger partial charge in [0.05, 0.1) is 31.8 Å². The Kier molecular flexibility index (Phi) is 7.04. The minimum atomic E-state index is -3.94. The van der Waals surface area contributed by atoms with Gasteiger partial charge >= 0.3 is 0 Å². The first-order valence-electron chi connectivity index (χ1n) is 10.6. The molecule has 0 fully saturated rings. The van der Waals surface area contributed by atoms with Crippen LogP contribution in [-0.4, -0.2) is 39.9 Å². The Hall–Kier alpha value is -3.89. The number of nitrogens with one attached hydrogen (secondary N) is 1. The molecule has 4 aromatic rings. The van der Waals surface area contributed by atoms with Gasteiger partial charge in [0.25, 0.3) is 5.89 Å². The number of nitrogens with zero attached hydrogens (tertiary/aromatic N) is 2. The second-order valence-corrected chi connectivity index (χ2v) is 9.38. The summed E-state index contributed by atoms with van der Waals surface area (Å²) in [6.45, 7) is 1.98. The lowest BCUT2D eigenvalue weighted by molar-refractivity contribution is 0.323. The number of hydrogen-bond donors (Lipinski definition) is 1. The van der Waals surface area contributed by atoms with Gasteiger partial charge in [0.2, 0.25) is 21.6 Å². The van der Waals surface area contributed by atoms with Crippen molar-refractivity contribution in [1.82, 2.24) is 14.9 Å². The highest BCUT2D eigenvalue weighted by Crippen LogP contribution is 2.38. The Balaban J connectivity index is 1.62. The van der Waals surface area contributed by atoms with Crippen LogP contribution in [-0.2, 0) is 16.6 Å². The first kappa shape index (κ1) is 24.2. The standard InChI is InChI=1S/C25H25N3O6S/c1-16-9-11-18(12-10-16)24-27-25(34-28-24)19-7-5-6-8-22(19)35(29,30)26-15-17-13-20(31-2)23(33-4)21(14-17)32-3/h5-14,26H,15H2,1-4H3. The molecule has 0 aliphatic carbocycles. The largest absolute Gasteiger partial charge is 0.493 e. The van der Waals surface area contributed by atoms with Crippen LogP contribution >= 0.6 is 0 Å². The molecule has 3 aromatic carbocycles. The summed E-state index contributed by atoms with van der Waals surface area (Å²) in [5.74, 6) is 1.76. The topological polar surface area (TPSA) is 113 Å². The number of benzene rings is 3. The van der Waals surface area contributed by atoms with Crippen molar-refractivity contribution < 1.29 is 27.2 Å². The number of ether oxygens (including phenoxy) is 3. The van der Waals surface area contributed by atoms with E-state index in [0.29, 0.717) is 34.2 Å². The van der Waals surface area contributed by atoms with Gasteiger partial charge < -0.3 is 18.7 Å². The van der Waals surface area contributed by atoms with Gasteiger partial charge in [0.15, 0.2) is 11.5 Å². The SMILES string of the molecule is COc1cc(CNS(=O)(=O)c2ccccc2-c2nc(-c3ccc(C)cc3)no2)cc(OC)c1OC. The molecule has 9 nitrogen and oxygen atoms in total. The average molecular weight is 496 g/mol. The number of methoxy groups -OCH3 is 3. The lowest BCUT2D eigenvalue weighted by Gasteiger charge is -2.15. The fourth-order valence-electron chi connectivity index (χ4n) is 3.52. The number of sulfonamides is 1. The highest BCUT2D eigenvalue weighted by molar-refractivity contribution is 7.89. The van der Waals surface area contributed by atoms with Crippen molar-refractivity contribution in [3.63, 3.8) is 0 Å². The molecule has 10 heteroatoms. The molecule has 0 aliphatic heterocycles. The van der Waals surface area contributed by atoms with Crippen LogP contribution < -0.4 is 18.9 Å². The minimum absolute atomic E-state index is 0.00810. The van der Waals surface area contributed by atoms with Gasteiger partial charge in [0.1, 0.15) is 0 Å². The number of hydrogen-bond acceptors (Lipinski definition) is 8. The zero-order valence-corrected chi connectivity index (χ0v) is 20.5. The van der Waals surface area contributed by atoms with Crippen molar-refractivity contribution in [3.8, 4) is 40.1 Å². The lowest BCUT2D eigenvalue weighted by atomic mass is 10.1. The van der Waals surface area contributed by atoms with Gasteiger partial charge in [-0.3, -0.25) is 0 Å². The highest BCUT2D eigenvalue weighted by atomic mass is 32.2. The Morgan fingerprint density at radius 3 is 2.20 bits per heavy atom. The molecular weight excluding hydrogens is 470 g/mol. The molecule has 1 aromatic heterocycles. The van der Waals surface area contributed by atoms with Crippen molar-refractivity contribution in [2.45, 2.75) is 18.4 Å². The minimum Gasteiger partial charge on any atom is -0.493 e. The smallest absolute Gasteiger partial charge is 0.259 e. The molecule has 0 saturated carbocycles. The summed E-state index contributed by atoms with van der Waals surface area (Å²) in [6, 6.07) is 17.5. The zero-order chi connectivity index (χ0) is 25.0. The maximum atomic E-state index is 13.3. The van der Waals surface area contributed by atoms with E-state index in [1.165, 1.54) is 27.4 Å². The van der Waals surface area contributed by atoms with Gasteiger partial charge in [-0.15, -0.1) is 0 Å². The van der Waals surface area contributed by atoms with Gasteiger partial charge in [-0.25, -0.2) is 13.1 Å². The molecule has 0 atom stereocenters. The summed E-state index contributed by atoms with van der Waals surface area (Å²) in [5.41, 5.74) is 2.80. The van der Waals surface area contributed by atoms with Crippen molar-refractivity contribution in [3.05, 3.63) is 71.8 Å². The molecule has 0 spiro atoms. The van der Waals surface area contributed by atoms with Crippen LogP contribution in [0.2, 0.25) is 0 Å². The molecule has 182 valence electrons. The summed E-state index contributed by atoms with van der Waals surface area (Å²) in [4.78, 5) is 4.44. The van der Waals surface area contributed by atoms with E-state index in [4.69, 9.17) is 18.7 Å². The Labute approximate surface area is 203 Å². The fraction of sp³-hybridized carbons (Fsp3) is 0.200. The monoisotopic (exact) mass is 495 g/mol. The number of aryl methyl sites for hydroxylation is 1. The quantitative estimate of drug-likeness (QED) is 0.367. The van der Waals surface area contributed by atoms with Crippen LogP contribution in [0, 0.1) is 6.92 Å². The molecule has 1 N–H and O–H groups in total. The Morgan fingerprint density at radius 2 is 1.57 bits per heavy atom. The highest BCUT2D eigenvalue weighted by Gasteiger charge is 2.23. The van der Waals surface area contributed by atoms with E-state index in [-0.39, 0.29) is 17.3 Å². The second kappa shape index (κ2) is 10.2. The van der Waals surface area contributed by atoms with E-state index in [9.17, 15) is 8.42 Å². The molecule has 0 radical (unpaired) electrons. The van der Waals surface area contributed by atoms with Crippen LogP contribution in [0.4, 0.5) is 0 Å². The van der Waals surface area contributed by atoms with Crippen molar-refractivity contribution in [2.24, 2.45) is 0 Å². The summed E-state index contributed by atoms with van der Waals surface area (Å²) in [5, 5.41) is 4.02. The van der Waals surface area contributed by atoms with Crippen LogP contribution in [0.3, 0.4) is 0 Å². The van der Waals surface area contributed by atoms with Gasteiger partial charge in [-0.1, -0.05) is 47.1 Å². The lowest BCUT2D eigenvalue weighted by Crippen LogP contribution is -2.24. The normalized spacial score (nSPS) is 11.3. The van der Waals surface area contributed by atoms with E-state index in [2.05, 4.69) is 14.9 Å². The average Bonchev–Trinajstić information content (AvgIpc) is 3.37. The molecule has 1 heterocycles. The predicted molar refractivity (Wildman–Crippen MR) is 130 cm³/mol. The summed E-state index contributed by atoms with van der Waals surface area (Å²) in [7, 11) is 0.551. The Morgan fingerprint density at radius 1 is 0.914 bits per heavy atom. The number of rotatable bonds is 9. The molecule has 0 aliphatic rings. The van der Waals surface area contributed by atoms with Gasteiger partial charge in [-0.05, 0) is 36.8 Å². The van der Waals surface area contributed by atoms with Crippen LogP contribution in [0.1, 0.15) is 11.1 Å². The first-order valence-corrected chi connectivity index (χ1v) is 12.1. The molecule has 4 rings (SSSR count). The fourth-order valence-corrected chi connectivity index (χ4v) is 4.74. The zero-order valence-electron chi connectivity index (χ0n) is 19.7. The second-order valence-electron chi connectivity index (χ2n) is 7.64. The van der Waals surface area contributed by atoms with E-state index in [1.54, 1.807) is 30.3 Å². The molecule has 35 heavy (non-hydrogen) atoms. The first-order chi connectivity index (χ1) is 16.9. The van der Waals surface area contributed by atoms with Crippen molar-refractivity contribution >= 4 is 10.0 Å². The van der Waals surface area contributed by atoms with E-state index in [1.807, 2.05) is 31.2 Å². The summed E-state index contributed by atoms with van der Waals surface area (Å²) >= 11 is 0. The molecule has 0 amide bonds. The molecular formula is C25H25N3O6S. The van der Waals surface area contributed by atoms with Gasteiger partial charge in [-0.2, -0.15) is 4.98 Å². The predicted octanol–water partition coefficient (Wildman–Crippen LogP) is 4.22. The van der Waals surface area contributed by atoms with Crippen LogP contribution in [0.25, 0.3) is 22.8 Å². The van der Waals surface area contributed by atoms with Crippen molar-refractivity contribution in [1.29, 1.82) is 0 Å². The summed E-state index contributed by atoms with van der Waals surface area (Å²) in [6.07, 6.45) is 0. The van der Waals surface area contributed by atoms with Gasteiger partial charge in [0, 0.05) is 12.1 Å².